The van der Waals surface area contributed by atoms with Crippen molar-refractivity contribution in [1.29, 1.82) is 0 Å². The van der Waals surface area contributed by atoms with Crippen molar-refractivity contribution >= 4 is 29.1 Å². The van der Waals surface area contributed by atoms with Gasteiger partial charge in [-0.2, -0.15) is 0 Å². The number of hydrogen-bond donors (Lipinski definition) is 0. The van der Waals surface area contributed by atoms with Gasteiger partial charge in [-0.15, -0.1) is 11.6 Å². The van der Waals surface area contributed by atoms with Gasteiger partial charge in [0.05, 0.1) is 28.7 Å². The molecule has 0 aliphatic carbocycles. The summed E-state index contributed by atoms with van der Waals surface area (Å²) in [4.78, 5) is 13.9. The lowest BCUT2D eigenvalue weighted by Crippen LogP contribution is -2.50. The topological polar surface area (TPSA) is 29.5 Å². The van der Waals surface area contributed by atoms with E-state index in [0.717, 1.165) is 0 Å². The molecular formula is C13H14Cl2FNO2. The number of amides is 1. The van der Waals surface area contributed by atoms with E-state index in [9.17, 15) is 9.18 Å². The summed E-state index contributed by atoms with van der Waals surface area (Å²) in [5.74, 6) is -0.771. The van der Waals surface area contributed by atoms with Crippen LogP contribution in [0.2, 0.25) is 5.02 Å². The molecular weight excluding hydrogens is 292 g/mol. The fourth-order valence-corrected chi connectivity index (χ4v) is 2.48. The maximum atomic E-state index is 13.8. The lowest BCUT2D eigenvalue weighted by molar-refractivity contribution is -0.0571. The molecule has 1 aliphatic heterocycles. The van der Waals surface area contributed by atoms with E-state index < -0.39 is 5.82 Å². The quantitative estimate of drug-likeness (QED) is 0.786. The van der Waals surface area contributed by atoms with Crippen LogP contribution in [-0.2, 0) is 4.74 Å². The molecule has 3 nitrogen and oxygen atoms in total. The van der Waals surface area contributed by atoms with Crippen LogP contribution in [0.15, 0.2) is 18.2 Å². The first-order chi connectivity index (χ1) is 9.02. The van der Waals surface area contributed by atoms with Crippen molar-refractivity contribution in [3.8, 4) is 0 Å². The Kier molecular flexibility index (Phi) is 4.66. The Morgan fingerprint density at radius 1 is 1.53 bits per heavy atom. The van der Waals surface area contributed by atoms with Crippen LogP contribution in [0, 0.1) is 5.82 Å². The molecule has 0 saturated carbocycles. The molecule has 1 aromatic rings. The van der Waals surface area contributed by atoms with Gasteiger partial charge in [-0.1, -0.05) is 17.7 Å². The Morgan fingerprint density at radius 2 is 2.26 bits per heavy atom. The highest BCUT2D eigenvalue weighted by atomic mass is 35.5. The fourth-order valence-electron chi connectivity index (χ4n) is 2.14. The number of carbonyl (C=O) groups excluding carboxylic acids is 1. The Bertz CT molecular complexity index is 484. The second-order valence-electron chi connectivity index (χ2n) is 4.53. The van der Waals surface area contributed by atoms with Gasteiger partial charge in [-0.05, 0) is 19.1 Å². The molecule has 1 saturated heterocycles. The predicted molar refractivity (Wildman–Crippen MR) is 72.4 cm³/mol. The molecule has 1 amide bonds. The average Bonchev–Trinajstić information content (AvgIpc) is 2.40. The second kappa shape index (κ2) is 6.07. The predicted octanol–water partition coefficient (Wildman–Crippen LogP) is 2.95. The van der Waals surface area contributed by atoms with Crippen LogP contribution in [0.3, 0.4) is 0 Å². The van der Waals surface area contributed by atoms with Crippen molar-refractivity contribution in [2.75, 3.05) is 19.0 Å². The van der Waals surface area contributed by atoms with Gasteiger partial charge >= 0.3 is 0 Å². The molecule has 0 bridgehead atoms. The normalized spacial score (nSPS) is 23.5. The molecule has 0 aromatic heterocycles. The highest BCUT2D eigenvalue weighted by molar-refractivity contribution is 6.31. The summed E-state index contributed by atoms with van der Waals surface area (Å²) in [6.45, 7) is 2.63. The number of nitrogens with zero attached hydrogens (tertiary/aromatic N) is 1. The maximum absolute atomic E-state index is 13.8. The zero-order valence-corrected chi connectivity index (χ0v) is 11.9. The smallest absolute Gasteiger partial charge is 0.257 e. The van der Waals surface area contributed by atoms with Crippen LogP contribution in [0.5, 0.6) is 0 Å². The van der Waals surface area contributed by atoms with Gasteiger partial charge in [0.15, 0.2) is 5.82 Å². The van der Waals surface area contributed by atoms with Crippen molar-refractivity contribution in [2.45, 2.75) is 19.1 Å². The average molecular weight is 306 g/mol. The van der Waals surface area contributed by atoms with Crippen LogP contribution in [0.1, 0.15) is 17.3 Å². The van der Waals surface area contributed by atoms with E-state index >= 15 is 0 Å². The molecule has 0 spiro atoms. The highest BCUT2D eigenvalue weighted by Gasteiger charge is 2.29. The summed E-state index contributed by atoms with van der Waals surface area (Å²) >= 11 is 11.4. The molecule has 1 heterocycles. The molecule has 1 aromatic carbocycles. The number of morpholine rings is 1. The summed E-state index contributed by atoms with van der Waals surface area (Å²) < 4.78 is 19.4. The van der Waals surface area contributed by atoms with Crippen molar-refractivity contribution in [3.05, 3.63) is 34.6 Å². The Balaban J connectivity index is 2.21. The highest BCUT2D eigenvalue weighted by Crippen LogP contribution is 2.21. The number of hydrogen-bond acceptors (Lipinski definition) is 2. The van der Waals surface area contributed by atoms with Gasteiger partial charge < -0.3 is 9.64 Å². The van der Waals surface area contributed by atoms with Gasteiger partial charge in [0, 0.05) is 13.1 Å². The minimum atomic E-state index is -0.685. The molecule has 19 heavy (non-hydrogen) atoms. The monoisotopic (exact) mass is 305 g/mol. The number of halogens is 3. The molecule has 0 radical (unpaired) electrons. The minimum Gasteiger partial charge on any atom is -0.370 e. The molecule has 0 N–H and O–H groups in total. The summed E-state index contributed by atoms with van der Waals surface area (Å²) in [7, 11) is 0. The lowest BCUT2D eigenvalue weighted by atomic mass is 10.1. The molecule has 2 atom stereocenters. The molecule has 6 heteroatoms. The Morgan fingerprint density at radius 3 is 2.95 bits per heavy atom. The zero-order valence-electron chi connectivity index (χ0n) is 10.4. The van der Waals surface area contributed by atoms with E-state index in [1.165, 1.54) is 12.1 Å². The fraction of sp³-hybridized carbons (Fsp3) is 0.462. The van der Waals surface area contributed by atoms with E-state index in [1.807, 2.05) is 6.92 Å². The van der Waals surface area contributed by atoms with Crippen LogP contribution in [0.4, 0.5) is 4.39 Å². The first-order valence-electron chi connectivity index (χ1n) is 5.97. The number of benzene rings is 1. The van der Waals surface area contributed by atoms with Crippen LogP contribution >= 0.6 is 23.2 Å². The van der Waals surface area contributed by atoms with Crippen molar-refractivity contribution in [1.82, 2.24) is 4.90 Å². The largest absolute Gasteiger partial charge is 0.370 e. The van der Waals surface area contributed by atoms with Gasteiger partial charge in [0.1, 0.15) is 0 Å². The first kappa shape index (κ1) is 14.6. The van der Waals surface area contributed by atoms with Crippen LogP contribution < -0.4 is 0 Å². The van der Waals surface area contributed by atoms with Crippen molar-refractivity contribution in [2.24, 2.45) is 0 Å². The van der Waals surface area contributed by atoms with Gasteiger partial charge in [0.2, 0.25) is 0 Å². The lowest BCUT2D eigenvalue weighted by Gasteiger charge is -2.36. The van der Waals surface area contributed by atoms with Crippen LogP contribution in [0.25, 0.3) is 0 Å². The zero-order chi connectivity index (χ0) is 14.0. The minimum absolute atomic E-state index is 0.0186. The van der Waals surface area contributed by atoms with Gasteiger partial charge in [-0.3, -0.25) is 4.79 Å². The van der Waals surface area contributed by atoms with E-state index in [2.05, 4.69) is 0 Å². The molecule has 1 aliphatic rings. The SMILES string of the molecule is CC1CN(C(=O)c2cccc(Cl)c2F)CC(CCl)O1. The Hall–Kier alpha value is -0.840. The third-order valence-electron chi connectivity index (χ3n) is 2.97. The Labute approximate surface area is 121 Å². The number of ether oxygens (including phenoxy) is 1. The maximum Gasteiger partial charge on any atom is 0.257 e. The third kappa shape index (κ3) is 3.19. The number of alkyl halides is 1. The van der Waals surface area contributed by atoms with Gasteiger partial charge in [-0.25, -0.2) is 4.39 Å². The summed E-state index contributed by atoms with van der Waals surface area (Å²) in [6.07, 6.45) is -0.347. The summed E-state index contributed by atoms with van der Waals surface area (Å²) in [5, 5.41) is -0.0546. The summed E-state index contributed by atoms with van der Waals surface area (Å²) in [5.41, 5.74) is -0.0186. The van der Waals surface area contributed by atoms with Crippen molar-refractivity contribution < 1.29 is 13.9 Å². The van der Waals surface area contributed by atoms with E-state index in [4.69, 9.17) is 27.9 Å². The molecule has 1 fully saturated rings. The van der Waals surface area contributed by atoms with E-state index in [-0.39, 0.29) is 28.7 Å². The van der Waals surface area contributed by atoms with Gasteiger partial charge in [0.25, 0.3) is 5.91 Å². The van der Waals surface area contributed by atoms with E-state index in [0.29, 0.717) is 19.0 Å². The molecule has 104 valence electrons. The molecule has 2 unspecified atom stereocenters. The second-order valence-corrected chi connectivity index (χ2v) is 5.25. The first-order valence-corrected chi connectivity index (χ1v) is 6.89. The van der Waals surface area contributed by atoms with E-state index in [1.54, 1.807) is 11.0 Å². The third-order valence-corrected chi connectivity index (χ3v) is 3.60. The number of carbonyl (C=O) groups is 1. The standard InChI is InChI=1S/C13H14Cl2FNO2/c1-8-6-17(7-9(5-14)19-8)13(18)10-3-2-4-11(15)12(10)16/h2-4,8-9H,5-7H2,1H3. The molecule has 2 rings (SSSR count). The van der Waals surface area contributed by atoms with Crippen molar-refractivity contribution in [3.63, 3.8) is 0 Å². The van der Waals surface area contributed by atoms with Crippen LogP contribution in [-0.4, -0.2) is 42.0 Å². The number of rotatable bonds is 2. The summed E-state index contributed by atoms with van der Waals surface area (Å²) in [6, 6.07) is 4.40.